The molecule has 0 aliphatic carbocycles. The van der Waals surface area contributed by atoms with Crippen LogP contribution in [0.15, 0.2) is 23.4 Å². The van der Waals surface area contributed by atoms with E-state index in [0.717, 1.165) is 12.3 Å². The van der Waals surface area contributed by atoms with Crippen molar-refractivity contribution in [2.24, 2.45) is 5.16 Å². The van der Waals surface area contributed by atoms with Gasteiger partial charge in [-0.3, -0.25) is 0 Å². The number of halogens is 3. The van der Waals surface area contributed by atoms with Gasteiger partial charge in [0, 0.05) is 12.7 Å². The fourth-order valence-corrected chi connectivity index (χ4v) is 1.24. The number of oxime groups is 1. The van der Waals surface area contributed by atoms with Gasteiger partial charge in [-0.2, -0.15) is 0 Å². The molecule has 4 nitrogen and oxygen atoms in total. The molecule has 0 aromatic heterocycles. The minimum atomic E-state index is -4.79. The molecule has 1 aromatic carbocycles. The van der Waals surface area contributed by atoms with E-state index in [4.69, 9.17) is 9.94 Å². The lowest BCUT2D eigenvalue weighted by Crippen LogP contribution is -2.18. The molecule has 0 heterocycles. The van der Waals surface area contributed by atoms with Crippen molar-refractivity contribution in [3.63, 3.8) is 0 Å². The van der Waals surface area contributed by atoms with Crippen LogP contribution in [0.25, 0.3) is 0 Å². The van der Waals surface area contributed by atoms with E-state index in [9.17, 15) is 13.2 Å². The number of methoxy groups -OCH3 is 1. The molecule has 0 fully saturated rings. The number of ether oxygens (including phenoxy) is 2. The average Bonchev–Trinajstić information content (AvgIpc) is 2.21. The first kappa shape index (κ1) is 13.3. The molecular formula is C10H10F3NO3. The molecule has 1 aromatic rings. The summed E-state index contributed by atoms with van der Waals surface area (Å²) < 4.78 is 44.8. The SMILES string of the molecule is COCc1ccc(OC(F)(F)F)c(C=NO)c1. The third kappa shape index (κ3) is 4.31. The van der Waals surface area contributed by atoms with Gasteiger partial charge in [-0.05, 0) is 17.7 Å². The van der Waals surface area contributed by atoms with Crippen LogP contribution in [0.5, 0.6) is 5.75 Å². The summed E-state index contributed by atoms with van der Waals surface area (Å²) in [4.78, 5) is 0. The molecular weight excluding hydrogens is 239 g/mol. The summed E-state index contributed by atoms with van der Waals surface area (Å²) in [7, 11) is 1.46. The van der Waals surface area contributed by atoms with Gasteiger partial charge >= 0.3 is 6.36 Å². The molecule has 0 aliphatic rings. The fraction of sp³-hybridized carbons (Fsp3) is 0.300. The van der Waals surface area contributed by atoms with Crippen molar-refractivity contribution in [1.82, 2.24) is 0 Å². The van der Waals surface area contributed by atoms with E-state index in [0.29, 0.717) is 5.56 Å². The molecule has 1 N–H and O–H groups in total. The lowest BCUT2D eigenvalue weighted by molar-refractivity contribution is -0.274. The van der Waals surface area contributed by atoms with Crippen molar-refractivity contribution in [2.75, 3.05) is 7.11 Å². The summed E-state index contributed by atoms with van der Waals surface area (Å²) in [5, 5.41) is 11.0. The number of hydrogen-bond acceptors (Lipinski definition) is 4. The van der Waals surface area contributed by atoms with Crippen LogP contribution in [0.4, 0.5) is 13.2 Å². The van der Waals surface area contributed by atoms with Crippen molar-refractivity contribution < 1.29 is 27.9 Å². The second-order valence-electron chi connectivity index (χ2n) is 3.10. The minimum Gasteiger partial charge on any atom is -0.411 e. The molecule has 7 heteroatoms. The Bertz CT molecular complexity index is 404. The first-order valence-electron chi connectivity index (χ1n) is 4.51. The molecule has 1 rings (SSSR count). The highest BCUT2D eigenvalue weighted by Gasteiger charge is 2.32. The van der Waals surface area contributed by atoms with Crippen LogP contribution >= 0.6 is 0 Å². The van der Waals surface area contributed by atoms with Crippen LogP contribution in [0.2, 0.25) is 0 Å². The van der Waals surface area contributed by atoms with Gasteiger partial charge in [0.15, 0.2) is 0 Å². The van der Waals surface area contributed by atoms with Crippen molar-refractivity contribution >= 4 is 6.21 Å². The van der Waals surface area contributed by atoms with Crippen molar-refractivity contribution in [1.29, 1.82) is 0 Å². The van der Waals surface area contributed by atoms with E-state index in [1.54, 1.807) is 0 Å². The third-order valence-corrected chi connectivity index (χ3v) is 1.81. The Labute approximate surface area is 95.3 Å². The molecule has 0 amide bonds. The topological polar surface area (TPSA) is 51.0 Å². The van der Waals surface area contributed by atoms with Crippen LogP contribution in [0.1, 0.15) is 11.1 Å². The molecule has 0 spiro atoms. The highest BCUT2D eigenvalue weighted by atomic mass is 19.4. The Hall–Kier alpha value is -1.76. The number of benzene rings is 1. The summed E-state index contributed by atoms with van der Waals surface area (Å²) in [6.45, 7) is 0.235. The maximum Gasteiger partial charge on any atom is 0.573 e. The van der Waals surface area contributed by atoms with E-state index < -0.39 is 12.1 Å². The number of hydrogen-bond donors (Lipinski definition) is 1. The Kier molecular flexibility index (Phi) is 4.33. The zero-order valence-corrected chi connectivity index (χ0v) is 8.86. The maximum atomic E-state index is 12.1. The van der Waals surface area contributed by atoms with Gasteiger partial charge in [-0.25, -0.2) is 0 Å². The standard InChI is InChI=1S/C10H10F3NO3/c1-16-6-7-2-3-9(17-10(11,12)13)8(4-7)5-14-15/h2-5,15H,6H2,1H3. The molecule has 0 radical (unpaired) electrons. The van der Waals surface area contributed by atoms with Crippen LogP contribution in [-0.4, -0.2) is 24.9 Å². The summed E-state index contributed by atoms with van der Waals surface area (Å²) in [6, 6.07) is 3.95. The van der Waals surface area contributed by atoms with Crippen LogP contribution in [0.3, 0.4) is 0 Å². The number of rotatable bonds is 4. The van der Waals surface area contributed by atoms with Crippen molar-refractivity contribution in [2.45, 2.75) is 13.0 Å². The molecule has 0 atom stereocenters. The number of alkyl halides is 3. The van der Waals surface area contributed by atoms with Gasteiger partial charge in [0.1, 0.15) is 5.75 Å². The maximum absolute atomic E-state index is 12.1. The zero-order chi connectivity index (χ0) is 12.9. The predicted octanol–water partition coefficient (Wildman–Crippen LogP) is 2.54. The molecule has 17 heavy (non-hydrogen) atoms. The van der Waals surface area contributed by atoms with Crippen molar-refractivity contribution in [3.05, 3.63) is 29.3 Å². The average molecular weight is 249 g/mol. The first-order valence-corrected chi connectivity index (χ1v) is 4.51. The van der Waals surface area contributed by atoms with Gasteiger partial charge in [0.25, 0.3) is 0 Å². The predicted molar refractivity (Wildman–Crippen MR) is 53.2 cm³/mol. The minimum absolute atomic E-state index is 0.0133. The molecule has 0 saturated heterocycles. The molecule has 94 valence electrons. The summed E-state index contributed by atoms with van der Waals surface area (Å²) >= 11 is 0. The lowest BCUT2D eigenvalue weighted by Gasteiger charge is -2.12. The smallest absolute Gasteiger partial charge is 0.411 e. The Morgan fingerprint density at radius 2 is 2.12 bits per heavy atom. The monoisotopic (exact) mass is 249 g/mol. The fourth-order valence-electron chi connectivity index (χ4n) is 1.24. The van der Waals surface area contributed by atoms with Crippen LogP contribution in [-0.2, 0) is 11.3 Å². The van der Waals surface area contributed by atoms with Gasteiger partial charge in [-0.1, -0.05) is 11.2 Å². The van der Waals surface area contributed by atoms with E-state index in [-0.39, 0.29) is 12.2 Å². The molecule has 0 aliphatic heterocycles. The van der Waals surface area contributed by atoms with E-state index in [1.165, 1.54) is 19.2 Å². The normalized spacial score (nSPS) is 12.0. The number of nitrogens with zero attached hydrogens (tertiary/aromatic N) is 1. The summed E-state index contributed by atoms with van der Waals surface area (Å²) in [5.41, 5.74) is 0.649. The largest absolute Gasteiger partial charge is 0.573 e. The molecule has 0 unspecified atom stereocenters. The Morgan fingerprint density at radius 3 is 2.65 bits per heavy atom. The van der Waals surface area contributed by atoms with E-state index >= 15 is 0 Å². The molecule has 0 bridgehead atoms. The Morgan fingerprint density at radius 1 is 1.41 bits per heavy atom. The molecule has 0 saturated carbocycles. The quantitative estimate of drug-likeness (QED) is 0.506. The van der Waals surface area contributed by atoms with E-state index in [1.807, 2.05) is 0 Å². The van der Waals surface area contributed by atoms with Gasteiger partial charge in [-0.15, -0.1) is 13.2 Å². The highest BCUT2D eigenvalue weighted by Crippen LogP contribution is 2.26. The second kappa shape index (κ2) is 5.53. The van der Waals surface area contributed by atoms with Gasteiger partial charge < -0.3 is 14.7 Å². The van der Waals surface area contributed by atoms with Gasteiger partial charge in [0.05, 0.1) is 12.8 Å². The summed E-state index contributed by atoms with van der Waals surface area (Å²) in [6.07, 6.45) is -3.93. The zero-order valence-electron chi connectivity index (χ0n) is 8.86. The Balaban J connectivity index is 3.04. The van der Waals surface area contributed by atoms with Gasteiger partial charge in [0.2, 0.25) is 0 Å². The lowest BCUT2D eigenvalue weighted by atomic mass is 10.1. The summed E-state index contributed by atoms with van der Waals surface area (Å²) in [5.74, 6) is -0.435. The van der Waals surface area contributed by atoms with Crippen molar-refractivity contribution in [3.8, 4) is 5.75 Å². The van der Waals surface area contributed by atoms with E-state index in [2.05, 4.69) is 9.89 Å². The third-order valence-electron chi connectivity index (χ3n) is 1.81. The van der Waals surface area contributed by atoms with Crippen LogP contribution in [0, 0.1) is 0 Å². The second-order valence-corrected chi connectivity index (χ2v) is 3.10. The first-order chi connectivity index (χ1) is 7.96. The highest BCUT2D eigenvalue weighted by molar-refractivity contribution is 5.83. The van der Waals surface area contributed by atoms with Crippen LogP contribution < -0.4 is 4.74 Å².